The Bertz CT molecular complexity index is 145. The van der Waals surface area contributed by atoms with Crippen LogP contribution in [0.4, 0.5) is 0 Å². The summed E-state index contributed by atoms with van der Waals surface area (Å²) in [6.45, 7) is 13.1. The van der Waals surface area contributed by atoms with Crippen molar-refractivity contribution < 1.29 is 0 Å². The first-order valence-electron chi connectivity index (χ1n) is 6.11. The van der Waals surface area contributed by atoms with E-state index >= 15 is 0 Å². The highest BCUT2D eigenvalue weighted by molar-refractivity contribution is 4.72. The topological polar surface area (TPSA) is 15.3 Å². The van der Waals surface area contributed by atoms with Gasteiger partial charge >= 0.3 is 0 Å². The van der Waals surface area contributed by atoms with Gasteiger partial charge in [0.25, 0.3) is 0 Å². The molecule has 0 aromatic carbocycles. The first-order valence-corrected chi connectivity index (χ1v) is 6.11. The lowest BCUT2D eigenvalue weighted by molar-refractivity contribution is 0.324. The number of hydrogen-bond acceptors (Lipinski definition) is 2. The molecule has 2 nitrogen and oxygen atoms in total. The van der Waals surface area contributed by atoms with Gasteiger partial charge in [-0.15, -0.1) is 0 Å². The standard InChI is InChI=1S/C12H26N2/c1-11(2)4-6-13-7-9-14-8-5-12(3)10-14/h11-13H,4-10H2,1-3H3. The van der Waals surface area contributed by atoms with E-state index in [1.54, 1.807) is 0 Å². The second kappa shape index (κ2) is 6.41. The molecule has 1 heterocycles. The Morgan fingerprint density at radius 2 is 2.14 bits per heavy atom. The summed E-state index contributed by atoms with van der Waals surface area (Å²) in [4.78, 5) is 2.58. The Kier molecular flexibility index (Phi) is 5.49. The van der Waals surface area contributed by atoms with Crippen LogP contribution >= 0.6 is 0 Å². The first kappa shape index (κ1) is 12.0. The van der Waals surface area contributed by atoms with Crippen molar-refractivity contribution in [2.45, 2.75) is 33.6 Å². The van der Waals surface area contributed by atoms with Crippen molar-refractivity contribution >= 4 is 0 Å². The molecule has 0 radical (unpaired) electrons. The maximum absolute atomic E-state index is 3.52. The minimum absolute atomic E-state index is 0.828. The van der Waals surface area contributed by atoms with Crippen molar-refractivity contribution in [2.75, 3.05) is 32.7 Å². The number of hydrogen-bond donors (Lipinski definition) is 1. The molecule has 1 aliphatic rings. The Morgan fingerprint density at radius 3 is 2.71 bits per heavy atom. The largest absolute Gasteiger partial charge is 0.315 e. The zero-order valence-corrected chi connectivity index (χ0v) is 10.1. The molecule has 1 saturated heterocycles. The SMILES string of the molecule is CC(C)CCNCCN1CCC(C)C1. The fourth-order valence-corrected chi connectivity index (χ4v) is 1.98. The van der Waals surface area contributed by atoms with Crippen LogP contribution in [0.5, 0.6) is 0 Å². The summed E-state index contributed by atoms with van der Waals surface area (Å²) in [7, 11) is 0. The van der Waals surface area contributed by atoms with E-state index in [1.165, 1.54) is 45.6 Å². The molecule has 0 aliphatic carbocycles. The van der Waals surface area contributed by atoms with Crippen LogP contribution in [0.25, 0.3) is 0 Å². The summed E-state index contributed by atoms with van der Waals surface area (Å²) in [6, 6.07) is 0. The second-order valence-corrected chi connectivity index (χ2v) is 5.13. The fraction of sp³-hybridized carbons (Fsp3) is 1.00. The van der Waals surface area contributed by atoms with E-state index in [2.05, 4.69) is 31.0 Å². The van der Waals surface area contributed by atoms with Gasteiger partial charge in [0.05, 0.1) is 0 Å². The third kappa shape index (κ3) is 4.97. The second-order valence-electron chi connectivity index (χ2n) is 5.13. The number of likely N-dealkylation sites (tertiary alicyclic amines) is 1. The maximum atomic E-state index is 3.52. The molecule has 2 heteroatoms. The highest BCUT2D eigenvalue weighted by Gasteiger charge is 2.17. The summed E-state index contributed by atoms with van der Waals surface area (Å²) in [5, 5.41) is 3.52. The molecule has 14 heavy (non-hydrogen) atoms. The molecule has 84 valence electrons. The molecule has 1 aliphatic heterocycles. The quantitative estimate of drug-likeness (QED) is 0.656. The molecule has 0 spiro atoms. The molecule has 1 fully saturated rings. The monoisotopic (exact) mass is 198 g/mol. The molecular weight excluding hydrogens is 172 g/mol. The van der Waals surface area contributed by atoms with Crippen LogP contribution in [-0.4, -0.2) is 37.6 Å². The molecule has 0 amide bonds. The van der Waals surface area contributed by atoms with Crippen LogP contribution in [-0.2, 0) is 0 Å². The smallest absolute Gasteiger partial charge is 0.0107 e. The lowest BCUT2D eigenvalue weighted by Gasteiger charge is -2.15. The van der Waals surface area contributed by atoms with Crippen LogP contribution in [0.15, 0.2) is 0 Å². The van der Waals surface area contributed by atoms with Crippen molar-refractivity contribution in [3.05, 3.63) is 0 Å². The van der Waals surface area contributed by atoms with Gasteiger partial charge in [-0.3, -0.25) is 0 Å². The summed E-state index contributed by atoms with van der Waals surface area (Å²) < 4.78 is 0. The molecule has 0 aromatic rings. The average Bonchev–Trinajstić information content (AvgIpc) is 2.50. The van der Waals surface area contributed by atoms with Crippen molar-refractivity contribution in [1.29, 1.82) is 0 Å². The molecule has 1 unspecified atom stereocenters. The van der Waals surface area contributed by atoms with Gasteiger partial charge in [0, 0.05) is 19.6 Å². The summed E-state index contributed by atoms with van der Waals surface area (Å²) >= 11 is 0. The Balaban J connectivity index is 1.89. The van der Waals surface area contributed by atoms with Crippen LogP contribution in [0.1, 0.15) is 33.6 Å². The predicted molar refractivity (Wildman–Crippen MR) is 62.5 cm³/mol. The van der Waals surface area contributed by atoms with E-state index in [4.69, 9.17) is 0 Å². The lowest BCUT2D eigenvalue weighted by Crippen LogP contribution is -2.31. The minimum atomic E-state index is 0.828. The third-order valence-electron chi connectivity index (χ3n) is 3.01. The van der Waals surface area contributed by atoms with Crippen molar-refractivity contribution in [1.82, 2.24) is 10.2 Å². The predicted octanol–water partition coefficient (Wildman–Crippen LogP) is 1.96. The minimum Gasteiger partial charge on any atom is -0.315 e. The maximum Gasteiger partial charge on any atom is 0.0107 e. The van der Waals surface area contributed by atoms with Gasteiger partial charge in [-0.2, -0.15) is 0 Å². The Labute approximate surface area is 89.1 Å². The molecule has 1 N–H and O–H groups in total. The van der Waals surface area contributed by atoms with Crippen LogP contribution in [0, 0.1) is 11.8 Å². The van der Waals surface area contributed by atoms with E-state index in [9.17, 15) is 0 Å². The third-order valence-corrected chi connectivity index (χ3v) is 3.01. The highest BCUT2D eigenvalue weighted by Crippen LogP contribution is 2.13. The van der Waals surface area contributed by atoms with Crippen LogP contribution < -0.4 is 5.32 Å². The Morgan fingerprint density at radius 1 is 1.36 bits per heavy atom. The van der Waals surface area contributed by atoms with E-state index in [0.717, 1.165) is 11.8 Å². The van der Waals surface area contributed by atoms with Crippen molar-refractivity contribution in [2.24, 2.45) is 11.8 Å². The lowest BCUT2D eigenvalue weighted by atomic mass is 10.1. The average molecular weight is 198 g/mol. The van der Waals surface area contributed by atoms with E-state index in [1.807, 2.05) is 0 Å². The van der Waals surface area contributed by atoms with Gasteiger partial charge in [-0.1, -0.05) is 20.8 Å². The number of nitrogens with zero attached hydrogens (tertiary/aromatic N) is 1. The van der Waals surface area contributed by atoms with Crippen molar-refractivity contribution in [3.8, 4) is 0 Å². The van der Waals surface area contributed by atoms with Crippen molar-refractivity contribution in [3.63, 3.8) is 0 Å². The molecule has 0 saturated carbocycles. The van der Waals surface area contributed by atoms with Gasteiger partial charge in [-0.05, 0) is 37.8 Å². The summed E-state index contributed by atoms with van der Waals surface area (Å²) in [5.41, 5.74) is 0. The summed E-state index contributed by atoms with van der Waals surface area (Å²) in [6.07, 6.45) is 2.70. The number of rotatable bonds is 6. The van der Waals surface area contributed by atoms with Crippen LogP contribution in [0.2, 0.25) is 0 Å². The zero-order valence-electron chi connectivity index (χ0n) is 10.1. The molecule has 1 rings (SSSR count). The molecule has 0 bridgehead atoms. The molecule has 0 aromatic heterocycles. The van der Waals surface area contributed by atoms with E-state index < -0.39 is 0 Å². The van der Waals surface area contributed by atoms with Gasteiger partial charge in [0.1, 0.15) is 0 Å². The van der Waals surface area contributed by atoms with E-state index in [-0.39, 0.29) is 0 Å². The number of nitrogens with one attached hydrogen (secondary N) is 1. The van der Waals surface area contributed by atoms with Gasteiger partial charge in [0.2, 0.25) is 0 Å². The summed E-state index contributed by atoms with van der Waals surface area (Å²) in [5.74, 6) is 1.75. The first-order chi connectivity index (χ1) is 6.68. The van der Waals surface area contributed by atoms with Gasteiger partial charge < -0.3 is 10.2 Å². The molecule has 1 atom stereocenters. The fourth-order valence-electron chi connectivity index (χ4n) is 1.98. The normalized spacial score (nSPS) is 23.6. The highest BCUT2D eigenvalue weighted by atomic mass is 15.2. The van der Waals surface area contributed by atoms with E-state index in [0.29, 0.717) is 0 Å². The van der Waals surface area contributed by atoms with Crippen LogP contribution in [0.3, 0.4) is 0 Å². The molecular formula is C12H26N2. The Hall–Kier alpha value is -0.0800. The van der Waals surface area contributed by atoms with Gasteiger partial charge in [-0.25, -0.2) is 0 Å². The van der Waals surface area contributed by atoms with Gasteiger partial charge in [0.15, 0.2) is 0 Å². The zero-order chi connectivity index (χ0) is 10.4.